The molecule has 0 radical (unpaired) electrons. The van der Waals surface area contributed by atoms with Crippen LogP contribution in [-0.2, 0) is 17.1 Å². The molecule has 0 spiro atoms. The van der Waals surface area contributed by atoms with Crippen molar-refractivity contribution in [1.29, 1.82) is 0 Å². The number of carboxylic acids is 1. The first-order chi connectivity index (χ1) is 12.5. The largest absolute Gasteiger partial charge is 0.480 e. The molecule has 26 heavy (non-hydrogen) atoms. The third-order valence-corrected chi connectivity index (χ3v) is 5.18. The Labute approximate surface area is 155 Å². The number of para-hydroxylation sites is 1. The molecular formula is C20H20N2O3S. The second kappa shape index (κ2) is 7.74. The number of hydrogen-bond acceptors (Lipinski definition) is 4. The van der Waals surface area contributed by atoms with Crippen LogP contribution in [0.15, 0.2) is 58.5 Å². The summed E-state index contributed by atoms with van der Waals surface area (Å²) in [5.41, 5.74) is 2.63. The van der Waals surface area contributed by atoms with Crippen molar-refractivity contribution in [3.8, 4) is 0 Å². The summed E-state index contributed by atoms with van der Waals surface area (Å²) in [6.45, 7) is 3.89. The standard InChI is InChI=1S/C20H20N2O3S/c1-13(2)15-9-7-14(8-10-15)12-26-20-21-17-6-4-3-5-16(17)19(25)22(20)11-18(23)24/h3-10,13H,11-12H2,1-2H3,(H,23,24). The molecule has 0 saturated carbocycles. The van der Waals surface area contributed by atoms with Gasteiger partial charge in [0.1, 0.15) is 6.54 Å². The average molecular weight is 368 g/mol. The average Bonchev–Trinajstić information content (AvgIpc) is 2.63. The molecule has 1 N–H and O–H groups in total. The number of rotatable bonds is 6. The van der Waals surface area contributed by atoms with Gasteiger partial charge in [-0.25, -0.2) is 4.98 Å². The molecule has 0 bridgehead atoms. The van der Waals surface area contributed by atoms with Gasteiger partial charge in [0.2, 0.25) is 0 Å². The lowest BCUT2D eigenvalue weighted by atomic mass is 10.0. The Bertz CT molecular complexity index is 994. The minimum absolute atomic E-state index is 0.323. The number of hydrogen-bond donors (Lipinski definition) is 1. The van der Waals surface area contributed by atoms with Crippen LogP contribution in [0.3, 0.4) is 0 Å². The number of fused-ring (bicyclic) bond motifs is 1. The molecule has 3 rings (SSSR count). The van der Waals surface area contributed by atoms with E-state index in [9.17, 15) is 9.59 Å². The Hall–Kier alpha value is -2.60. The zero-order valence-electron chi connectivity index (χ0n) is 14.7. The molecule has 0 aliphatic carbocycles. The van der Waals surface area contributed by atoms with E-state index in [1.54, 1.807) is 18.2 Å². The lowest BCUT2D eigenvalue weighted by molar-refractivity contribution is -0.137. The van der Waals surface area contributed by atoms with Gasteiger partial charge in [0.05, 0.1) is 10.9 Å². The maximum Gasteiger partial charge on any atom is 0.323 e. The van der Waals surface area contributed by atoms with E-state index < -0.39 is 12.5 Å². The molecule has 0 amide bonds. The van der Waals surface area contributed by atoms with Crippen LogP contribution in [-0.4, -0.2) is 20.6 Å². The lowest BCUT2D eigenvalue weighted by Gasteiger charge is -2.12. The fourth-order valence-electron chi connectivity index (χ4n) is 2.68. The van der Waals surface area contributed by atoms with Crippen molar-refractivity contribution in [3.05, 3.63) is 70.0 Å². The van der Waals surface area contributed by atoms with E-state index in [-0.39, 0.29) is 5.56 Å². The summed E-state index contributed by atoms with van der Waals surface area (Å²) in [5, 5.41) is 10.0. The number of thioether (sulfide) groups is 1. The van der Waals surface area contributed by atoms with Crippen molar-refractivity contribution in [1.82, 2.24) is 9.55 Å². The van der Waals surface area contributed by atoms with Crippen molar-refractivity contribution >= 4 is 28.6 Å². The summed E-state index contributed by atoms with van der Waals surface area (Å²) in [5.74, 6) is 0.0230. The van der Waals surface area contributed by atoms with E-state index >= 15 is 0 Å². The summed E-state index contributed by atoms with van der Waals surface area (Å²) in [6, 6.07) is 15.3. The van der Waals surface area contributed by atoms with Crippen LogP contribution in [0.2, 0.25) is 0 Å². The van der Waals surface area contributed by atoms with Crippen LogP contribution in [0.25, 0.3) is 10.9 Å². The summed E-state index contributed by atoms with van der Waals surface area (Å²) < 4.78 is 1.23. The highest BCUT2D eigenvalue weighted by molar-refractivity contribution is 7.98. The molecule has 1 heterocycles. The van der Waals surface area contributed by atoms with Gasteiger partial charge in [0.25, 0.3) is 5.56 Å². The van der Waals surface area contributed by atoms with E-state index in [1.807, 2.05) is 6.07 Å². The first kappa shape index (κ1) is 18.2. The monoisotopic (exact) mass is 368 g/mol. The molecule has 6 heteroatoms. The van der Waals surface area contributed by atoms with Gasteiger partial charge in [-0.05, 0) is 29.2 Å². The highest BCUT2D eigenvalue weighted by Crippen LogP contribution is 2.23. The van der Waals surface area contributed by atoms with Crippen LogP contribution in [0, 0.1) is 0 Å². The maximum atomic E-state index is 12.7. The molecule has 0 saturated heterocycles. The van der Waals surface area contributed by atoms with E-state index in [2.05, 4.69) is 43.1 Å². The van der Waals surface area contributed by atoms with E-state index in [0.29, 0.717) is 27.7 Å². The van der Waals surface area contributed by atoms with Gasteiger partial charge in [-0.1, -0.05) is 62.0 Å². The Morgan fingerprint density at radius 1 is 1.15 bits per heavy atom. The molecule has 2 aromatic carbocycles. The number of aromatic nitrogens is 2. The Morgan fingerprint density at radius 2 is 1.85 bits per heavy atom. The van der Waals surface area contributed by atoms with Crippen molar-refractivity contribution in [2.75, 3.05) is 0 Å². The zero-order valence-corrected chi connectivity index (χ0v) is 15.5. The molecule has 3 aromatic rings. The first-order valence-corrected chi connectivity index (χ1v) is 9.37. The van der Waals surface area contributed by atoms with Crippen LogP contribution < -0.4 is 5.56 Å². The number of carbonyl (C=O) groups is 1. The minimum Gasteiger partial charge on any atom is -0.480 e. The van der Waals surface area contributed by atoms with Gasteiger partial charge in [0, 0.05) is 5.75 Å². The molecule has 0 aliphatic rings. The van der Waals surface area contributed by atoms with Crippen LogP contribution in [0.4, 0.5) is 0 Å². The second-order valence-electron chi connectivity index (χ2n) is 6.38. The SMILES string of the molecule is CC(C)c1ccc(CSc2nc3ccccc3c(=O)n2CC(=O)O)cc1. The third kappa shape index (κ3) is 3.96. The predicted octanol–water partition coefficient (Wildman–Crippen LogP) is 3.90. The van der Waals surface area contributed by atoms with Crippen molar-refractivity contribution in [3.63, 3.8) is 0 Å². The van der Waals surface area contributed by atoms with E-state index in [0.717, 1.165) is 5.56 Å². The smallest absolute Gasteiger partial charge is 0.323 e. The fraction of sp³-hybridized carbons (Fsp3) is 0.250. The van der Waals surface area contributed by atoms with Gasteiger partial charge in [-0.3, -0.25) is 14.2 Å². The van der Waals surface area contributed by atoms with Crippen molar-refractivity contribution < 1.29 is 9.90 Å². The summed E-state index contributed by atoms with van der Waals surface area (Å²) in [4.78, 5) is 28.4. The maximum absolute atomic E-state index is 12.7. The summed E-state index contributed by atoms with van der Waals surface area (Å²) in [7, 11) is 0. The highest BCUT2D eigenvalue weighted by atomic mass is 32.2. The Kier molecular flexibility index (Phi) is 5.42. The second-order valence-corrected chi connectivity index (χ2v) is 7.32. The lowest BCUT2D eigenvalue weighted by Crippen LogP contribution is -2.26. The van der Waals surface area contributed by atoms with E-state index in [1.165, 1.54) is 21.9 Å². The normalized spacial score (nSPS) is 11.2. The number of aliphatic carboxylic acids is 1. The van der Waals surface area contributed by atoms with Gasteiger partial charge < -0.3 is 5.11 Å². The van der Waals surface area contributed by atoms with Gasteiger partial charge in [-0.15, -0.1) is 0 Å². The summed E-state index contributed by atoms with van der Waals surface area (Å²) >= 11 is 1.37. The Morgan fingerprint density at radius 3 is 2.50 bits per heavy atom. The first-order valence-electron chi connectivity index (χ1n) is 8.38. The Balaban J connectivity index is 1.92. The number of benzene rings is 2. The molecule has 0 aliphatic heterocycles. The molecular weight excluding hydrogens is 348 g/mol. The predicted molar refractivity (Wildman–Crippen MR) is 104 cm³/mol. The third-order valence-electron chi connectivity index (χ3n) is 4.13. The summed E-state index contributed by atoms with van der Waals surface area (Å²) in [6.07, 6.45) is 0. The van der Waals surface area contributed by atoms with Crippen molar-refractivity contribution in [2.45, 2.75) is 37.2 Å². The minimum atomic E-state index is -1.06. The van der Waals surface area contributed by atoms with Crippen LogP contribution in [0.5, 0.6) is 0 Å². The fourth-order valence-corrected chi connectivity index (χ4v) is 3.63. The molecule has 0 fully saturated rings. The van der Waals surface area contributed by atoms with Crippen molar-refractivity contribution in [2.24, 2.45) is 0 Å². The molecule has 0 unspecified atom stereocenters. The van der Waals surface area contributed by atoms with Gasteiger partial charge in [-0.2, -0.15) is 0 Å². The van der Waals surface area contributed by atoms with E-state index in [4.69, 9.17) is 5.11 Å². The molecule has 5 nitrogen and oxygen atoms in total. The molecule has 1 aromatic heterocycles. The number of nitrogens with zero attached hydrogens (tertiary/aromatic N) is 2. The topological polar surface area (TPSA) is 72.2 Å². The molecule has 134 valence electrons. The van der Waals surface area contributed by atoms with Crippen LogP contribution in [0.1, 0.15) is 30.9 Å². The quantitative estimate of drug-likeness (QED) is 0.528. The highest BCUT2D eigenvalue weighted by Gasteiger charge is 2.14. The van der Waals surface area contributed by atoms with Crippen LogP contribution >= 0.6 is 11.8 Å². The van der Waals surface area contributed by atoms with Gasteiger partial charge in [0.15, 0.2) is 5.16 Å². The number of carboxylic acid groups (broad SMARTS) is 1. The van der Waals surface area contributed by atoms with Gasteiger partial charge >= 0.3 is 5.97 Å². The zero-order chi connectivity index (χ0) is 18.7. The molecule has 0 atom stereocenters.